The molecule has 28 heavy (non-hydrogen) atoms. The Bertz CT molecular complexity index is 1030. The molecule has 8 nitrogen and oxygen atoms in total. The molecule has 0 saturated heterocycles. The summed E-state index contributed by atoms with van der Waals surface area (Å²) in [4.78, 5) is 37.3. The molecule has 0 radical (unpaired) electrons. The molecule has 3 unspecified atom stereocenters. The highest BCUT2D eigenvalue weighted by atomic mass is 35.5. The van der Waals surface area contributed by atoms with Gasteiger partial charge in [0.05, 0.1) is 17.6 Å². The van der Waals surface area contributed by atoms with E-state index in [1.807, 2.05) is 0 Å². The number of aliphatic hydroxyl groups is 3. The predicted octanol–water partition coefficient (Wildman–Crippen LogP) is 1.61. The number of carbonyl (C=O) groups is 3. The lowest BCUT2D eigenvalue weighted by Crippen LogP contribution is -2.44. The first-order valence-corrected chi connectivity index (χ1v) is 8.96. The number of aliphatic hydroxyl groups excluding tert-OH is 3. The molecule has 1 amide bonds. The highest BCUT2D eigenvalue weighted by Gasteiger charge is 2.52. The maximum Gasteiger partial charge on any atom is 0.255 e. The summed E-state index contributed by atoms with van der Waals surface area (Å²) >= 11 is 6.12. The summed E-state index contributed by atoms with van der Waals surface area (Å²) in [5.74, 6) is -6.93. The number of carbonyl (C=O) groups excluding carboxylic acids is 3. The number of nitrogens with two attached hydrogens (primary N) is 1. The van der Waals surface area contributed by atoms with E-state index in [2.05, 4.69) is 0 Å². The van der Waals surface area contributed by atoms with Gasteiger partial charge in [-0.3, -0.25) is 14.4 Å². The Hall–Kier alpha value is -2.84. The van der Waals surface area contributed by atoms with Gasteiger partial charge >= 0.3 is 0 Å². The molecule has 4 atom stereocenters. The van der Waals surface area contributed by atoms with Crippen molar-refractivity contribution < 1.29 is 34.8 Å². The lowest BCUT2D eigenvalue weighted by Gasteiger charge is -2.42. The maximum atomic E-state index is 13.0. The number of benzene rings is 1. The molecular weight excluding hydrogens is 390 g/mol. The first kappa shape index (κ1) is 18.5. The van der Waals surface area contributed by atoms with Gasteiger partial charge in [0.1, 0.15) is 22.8 Å². The number of hydrogen-bond acceptors (Lipinski definition) is 7. The van der Waals surface area contributed by atoms with E-state index in [-0.39, 0.29) is 34.6 Å². The van der Waals surface area contributed by atoms with Crippen molar-refractivity contribution >= 4 is 29.1 Å². The number of primary amides is 1. The molecule has 0 bridgehead atoms. The highest BCUT2D eigenvalue weighted by molar-refractivity contribution is 6.32. The minimum absolute atomic E-state index is 0.0615. The van der Waals surface area contributed by atoms with Crippen LogP contribution in [0.25, 0.3) is 0 Å². The number of amides is 1. The van der Waals surface area contributed by atoms with E-state index in [1.165, 1.54) is 12.1 Å². The van der Waals surface area contributed by atoms with Gasteiger partial charge in [-0.2, -0.15) is 0 Å². The molecule has 0 aromatic heterocycles. The van der Waals surface area contributed by atoms with Gasteiger partial charge < -0.3 is 26.2 Å². The zero-order valence-electron chi connectivity index (χ0n) is 14.3. The van der Waals surface area contributed by atoms with Crippen LogP contribution in [-0.4, -0.2) is 37.9 Å². The first-order valence-electron chi connectivity index (χ1n) is 8.58. The fraction of sp³-hybridized carbons (Fsp3) is 0.316. The van der Waals surface area contributed by atoms with Gasteiger partial charge in [0.15, 0.2) is 11.6 Å². The zero-order valence-corrected chi connectivity index (χ0v) is 15.1. The molecule has 0 saturated carbocycles. The third kappa shape index (κ3) is 2.31. The molecule has 1 aromatic rings. The summed E-state index contributed by atoms with van der Waals surface area (Å²) in [6.07, 6.45) is -1.32. The number of phenols is 1. The lowest BCUT2D eigenvalue weighted by molar-refractivity contribution is -0.126. The topological polar surface area (TPSA) is 158 Å². The van der Waals surface area contributed by atoms with Gasteiger partial charge in [-0.1, -0.05) is 11.6 Å². The van der Waals surface area contributed by atoms with E-state index in [0.717, 1.165) is 0 Å². The average Bonchev–Trinajstić information content (AvgIpc) is 2.60. The van der Waals surface area contributed by atoms with Crippen LogP contribution >= 0.6 is 11.6 Å². The predicted molar refractivity (Wildman–Crippen MR) is 95.6 cm³/mol. The number of allylic oxidation sites excluding steroid dienone is 2. The minimum Gasteiger partial charge on any atom is -0.511 e. The normalized spacial score (nSPS) is 29.4. The lowest BCUT2D eigenvalue weighted by atomic mass is 9.61. The third-order valence-corrected chi connectivity index (χ3v) is 6.14. The standard InChI is InChI=1S/C19H16ClNO7/c20-7-1-2-8(22)13-12(7)15(24)6-3-5-4-9(23)14(19(21)28)17(26)10(5)16(25)11(6)18(13)27/h1-2,5-6,10,15,22-25H,3-4H2,(H2,21,28)/t5?,6-,10?,15?/m0/s1. The van der Waals surface area contributed by atoms with Gasteiger partial charge in [0.2, 0.25) is 0 Å². The van der Waals surface area contributed by atoms with Crippen LogP contribution in [0.4, 0.5) is 0 Å². The molecule has 1 aromatic carbocycles. The molecule has 0 fully saturated rings. The van der Waals surface area contributed by atoms with Gasteiger partial charge in [0.25, 0.3) is 5.91 Å². The molecular formula is C19H16ClNO7. The Kier molecular flexibility index (Phi) is 4.02. The summed E-state index contributed by atoms with van der Waals surface area (Å²) in [7, 11) is 0. The summed E-state index contributed by atoms with van der Waals surface area (Å²) in [6.45, 7) is 0. The molecule has 146 valence electrons. The van der Waals surface area contributed by atoms with Crippen LogP contribution < -0.4 is 5.73 Å². The minimum atomic E-state index is -1.30. The average molecular weight is 406 g/mol. The smallest absolute Gasteiger partial charge is 0.255 e. The van der Waals surface area contributed by atoms with Crippen molar-refractivity contribution in [1.29, 1.82) is 0 Å². The number of Topliss-reactive ketones (excluding diaryl/α,β-unsaturated/α-hetero) is 2. The van der Waals surface area contributed by atoms with Crippen molar-refractivity contribution in [2.24, 2.45) is 23.5 Å². The largest absolute Gasteiger partial charge is 0.511 e. The van der Waals surface area contributed by atoms with Crippen LogP contribution in [0.1, 0.15) is 34.9 Å². The second-order valence-electron chi connectivity index (χ2n) is 7.26. The fourth-order valence-electron chi connectivity index (χ4n) is 4.63. The Morgan fingerprint density at radius 2 is 1.86 bits per heavy atom. The van der Waals surface area contributed by atoms with Crippen molar-refractivity contribution in [3.8, 4) is 5.75 Å². The van der Waals surface area contributed by atoms with E-state index in [1.54, 1.807) is 0 Å². The zero-order chi connectivity index (χ0) is 20.5. The second kappa shape index (κ2) is 6.08. The monoisotopic (exact) mass is 405 g/mol. The number of rotatable bonds is 1. The van der Waals surface area contributed by atoms with Crippen LogP contribution in [0.5, 0.6) is 5.75 Å². The maximum absolute atomic E-state index is 13.0. The number of ketones is 2. The fourth-order valence-corrected chi connectivity index (χ4v) is 4.90. The molecule has 0 aliphatic heterocycles. The Labute approximate surface area is 163 Å². The quantitative estimate of drug-likeness (QED) is 0.444. The van der Waals surface area contributed by atoms with Gasteiger partial charge in [0, 0.05) is 28.5 Å². The Morgan fingerprint density at radius 3 is 2.50 bits per heavy atom. The van der Waals surface area contributed by atoms with Crippen LogP contribution in [-0.2, 0) is 9.59 Å². The van der Waals surface area contributed by atoms with Crippen LogP contribution in [0.15, 0.2) is 34.8 Å². The summed E-state index contributed by atoms with van der Waals surface area (Å²) < 4.78 is 0. The Morgan fingerprint density at radius 1 is 1.18 bits per heavy atom. The van der Waals surface area contributed by atoms with Gasteiger partial charge in [-0.25, -0.2) is 0 Å². The number of hydrogen-bond donors (Lipinski definition) is 5. The summed E-state index contributed by atoms with van der Waals surface area (Å²) in [5.41, 5.74) is 4.21. The number of halogens is 1. The van der Waals surface area contributed by atoms with Crippen LogP contribution in [0.3, 0.4) is 0 Å². The molecule has 4 rings (SSSR count). The first-order chi connectivity index (χ1) is 13.1. The number of fused-ring (bicyclic) bond motifs is 3. The van der Waals surface area contributed by atoms with Gasteiger partial charge in [-0.15, -0.1) is 0 Å². The SMILES string of the molecule is NC(=O)C1=C(O)CC2C[C@H]3C(=C(O)C2C1=O)C(=O)c1c(O)ccc(Cl)c1C3O. The van der Waals surface area contributed by atoms with Crippen molar-refractivity contribution in [2.45, 2.75) is 18.9 Å². The van der Waals surface area contributed by atoms with E-state index in [9.17, 15) is 34.8 Å². The molecule has 3 aliphatic carbocycles. The molecule has 0 heterocycles. The van der Waals surface area contributed by atoms with Crippen molar-refractivity contribution in [3.63, 3.8) is 0 Å². The second-order valence-corrected chi connectivity index (χ2v) is 7.67. The molecule has 3 aliphatic rings. The number of aromatic hydroxyl groups is 1. The summed E-state index contributed by atoms with van der Waals surface area (Å²) in [6, 6.07) is 2.55. The van der Waals surface area contributed by atoms with Gasteiger partial charge in [-0.05, 0) is 24.5 Å². The van der Waals surface area contributed by atoms with Crippen molar-refractivity contribution in [2.75, 3.05) is 0 Å². The van der Waals surface area contributed by atoms with E-state index >= 15 is 0 Å². The summed E-state index contributed by atoms with van der Waals surface area (Å²) in [5, 5.41) is 41.9. The third-order valence-electron chi connectivity index (χ3n) is 5.81. The van der Waals surface area contributed by atoms with Crippen molar-refractivity contribution in [1.82, 2.24) is 0 Å². The van der Waals surface area contributed by atoms with E-state index < -0.39 is 64.2 Å². The van der Waals surface area contributed by atoms with E-state index in [4.69, 9.17) is 17.3 Å². The molecule has 0 spiro atoms. The van der Waals surface area contributed by atoms with E-state index in [0.29, 0.717) is 0 Å². The Balaban J connectivity index is 1.91. The van der Waals surface area contributed by atoms with Crippen LogP contribution in [0, 0.1) is 17.8 Å². The van der Waals surface area contributed by atoms with Crippen LogP contribution in [0.2, 0.25) is 5.02 Å². The highest BCUT2D eigenvalue weighted by Crippen LogP contribution is 2.53. The molecule has 9 heteroatoms. The van der Waals surface area contributed by atoms with Crippen molar-refractivity contribution in [3.05, 3.63) is 50.9 Å². The number of phenolic OH excluding ortho intramolecular Hbond substituents is 1. The molecule has 6 N–H and O–H groups in total.